The molecule has 0 aliphatic carbocycles. The van der Waals surface area contributed by atoms with Crippen LogP contribution >= 0.6 is 0 Å². The van der Waals surface area contributed by atoms with Crippen molar-refractivity contribution in [2.75, 3.05) is 13.7 Å². The van der Waals surface area contributed by atoms with Crippen LogP contribution in [0, 0.1) is 5.41 Å². The zero-order valence-corrected chi connectivity index (χ0v) is 15.7. The summed E-state index contributed by atoms with van der Waals surface area (Å²) < 4.78 is 32.5. The summed E-state index contributed by atoms with van der Waals surface area (Å²) in [7, 11) is 1.24. The van der Waals surface area contributed by atoms with Gasteiger partial charge in [-0.15, -0.1) is 0 Å². The van der Waals surface area contributed by atoms with Gasteiger partial charge in [-0.1, -0.05) is 24.3 Å². The summed E-state index contributed by atoms with van der Waals surface area (Å²) in [6, 6.07) is 11.1. The monoisotopic (exact) mass is 405 g/mol. The lowest BCUT2D eigenvalue weighted by Crippen LogP contribution is -2.30. The molecule has 2 unspecified atom stereocenters. The van der Waals surface area contributed by atoms with E-state index in [0.29, 0.717) is 16.9 Å². The van der Waals surface area contributed by atoms with Crippen molar-refractivity contribution < 1.29 is 27.8 Å². The molecule has 0 amide bonds. The van der Waals surface area contributed by atoms with Crippen LogP contribution in [0.4, 0.5) is 0 Å². The van der Waals surface area contributed by atoms with Crippen LogP contribution in [0.15, 0.2) is 48.5 Å². The molecule has 9 nitrogen and oxygen atoms in total. The largest absolute Gasteiger partial charge is 0.482 e. The van der Waals surface area contributed by atoms with E-state index in [2.05, 4.69) is 9.46 Å². The maximum atomic E-state index is 12.8. The van der Waals surface area contributed by atoms with Crippen LogP contribution in [0.3, 0.4) is 0 Å². The topological polar surface area (TPSA) is 152 Å². The number of carbonyl (C=O) groups excluding carboxylic acids is 2. The smallest absolute Gasteiger partial charge is 0.343 e. The third-order valence-corrected chi connectivity index (χ3v) is 4.20. The molecule has 28 heavy (non-hydrogen) atoms. The number of nitrogens with two attached hydrogens (primary N) is 1. The van der Waals surface area contributed by atoms with Crippen molar-refractivity contribution >= 4 is 28.9 Å². The second kappa shape index (κ2) is 9.74. The molecule has 0 aliphatic rings. The minimum Gasteiger partial charge on any atom is -0.482 e. The first kappa shape index (κ1) is 21.2. The molecule has 0 heterocycles. The highest BCUT2D eigenvalue weighted by atomic mass is 32.2. The van der Waals surface area contributed by atoms with Crippen molar-refractivity contribution in [1.29, 1.82) is 5.41 Å². The quantitative estimate of drug-likeness (QED) is 0.161. The maximum absolute atomic E-state index is 12.8. The highest BCUT2D eigenvalue weighted by Crippen LogP contribution is 2.21. The third-order valence-electron chi connectivity index (χ3n) is 3.76. The molecule has 10 heteroatoms. The average Bonchev–Trinajstić information content (AvgIpc) is 2.70. The van der Waals surface area contributed by atoms with Crippen LogP contribution in [-0.4, -0.2) is 40.1 Å². The van der Waals surface area contributed by atoms with E-state index in [0.717, 1.165) is 0 Å². The molecular weight excluding hydrogens is 386 g/mol. The van der Waals surface area contributed by atoms with E-state index in [-0.39, 0.29) is 18.0 Å². The van der Waals surface area contributed by atoms with Gasteiger partial charge in [0.05, 0.1) is 7.11 Å². The SMILES string of the molecule is COC(=O)COc1ccc(C(=O)C(NS(=O)O)c2ccc(C(=N)N)cc2)cc1. The van der Waals surface area contributed by atoms with Crippen molar-refractivity contribution in [2.24, 2.45) is 5.73 Å². The Kier molecular flexibility index (Phi) is 7.38. The molecule has 0 bridgehead atoms. The van der Waals surface area contributed by atoms with Gasteiger partial charge >= 0.3 is 5.97 Å². The minimum absolute atomic E-state index is 0.129. The first-order chi connectivity index (χ1) is 13.3. The molecular formula is C18H19N3O6S. The number of esters is 1. The summed E-state index contributed by atoms with van der Waals surface area (Å²) in [5, 5.41) is 7.40. The molecule has 0 aliphatic heterocycles. The van der Waals surface area contributed by atoms with Gasteiger partial charge in [-0.2, -0.15) is 4.72 Å². The summed E-state index contributed by atoms with van der Waals surface area (Å²) in [5.41, 5.74) is 6.58. The number of benzene rings is 2. The van der Waals surface area contributed by atoms with Crippen LogP contribution < -0.4 is 15.2 Å². The van der Waals surface area contributed by atoms with E-state index in [1.807, 2.05) is 0 Å². The Balaban J connectivity index is 2.21. The molecule has 2 aromatic rings. The summed E-state index contributed by atoms with van der Waals surface area (Å²) >= 11 is -2.43. The van der Waals surface area contributed by atoms with Gasteiger partial charge in [-0.25, -0.2) is 9.00 Å². The number of methoxy groups -OCH3 is 1. The van der Waals surface area contributed by atoms with E-state index in [1.165, 1.54) is 31.4 Å². The molecule has 0 aromatic heterocycles. The van der Waals surface area contributed by atoms with Crippen molar-refractivity contribution in [3.8, 4) is 5.75 Å². The van der Waals surface area contributed by atoms with E-state index in [1.54, 1.807) is 24.3 Å². The highest BCUT2D eigenvalue weighted by Gasteiger charge is 2.24. The van der Waals surface area contributed by atoms with E-state index >= 15 is 0 Å². The van der Waals surface area contributed by atoms with Crippen molar-refractivity contribution in [2.45, 2.75) is 6.04 Å². The molecule has 5 N–H and O–H groups in total. The van der Waals surface area contributed by atoms with Gasteiger partial charge in [0.15, 0.2) is 12.4 Å². The maximum Gasteiger partial charge on any atom is 0.343 e. The van der Waals surface area contributed by atoms with Gasteiger partial charge in [-0.3, -0.25) is 14.8 Å². The Hall–Kier alpha value is -3.08. The van der Waals surface area contributed by atoms with E-state index < -0.39 is 29.1 Å². The number of hydrogen-bond acceptors (Lipinski definition) is 6. The molecule has 148 valence electrons. The molecule has 0 saturated carbocycles. The second-order valence-corrected chi connectivity index (χ2v) is 6.32. The van der Waals surface area contributed by atoms with Gasteiger partial charge < -0.3 is 15.2 Å². The molecule has 2 aromatic carbocycles. The van der Waals surface area contributed by atoms with E-state index in [9.17, 15) is 18.4 Å². The Bertz CT molecular complexity index is 883. The fraction of sp³-hybridized carbons (Fsp3) is 0.167. The second-order valence-electron chi connectivity index (χ2n) is 5.59. The zero-order valence-electron chi connectivity index (χ0n) is 14.9. The van der Waals surface area contributed by atoms with Gasteiger partial charge in [0.2, 0.25) is 11.3 Å². The molecule has 2 atom stereocenters. The summed E-state index contributed by atoms with van der Waals surface area (Å²) in [4.78, 5) is 23.9. The first-order valence-electron chi connectivity index (χ1n) is 7.97. The van der Waals surface area contributed by atoms with Gasteiger partial charge in [-0.05, 0) is 29.8 Å². The fourth-order valence-corrected chi connectivity index (χ4v) is 2.76. The Morgan fingerprint density at radius 3 is 2.21 bits per heavy atom. The number of amidine groups is 1. The fourth-order valence-electron chi connectivity index (χ4n) is 2.31. The summed E-state index contributed by atoms with van der Waals surface area (Å²) in [6.45, 7) is -0.264. The number of rotatable bonds is 9. The predicted molar refractivity (Wildman–Crippen MR) is 102 cm³/mol. The number of hydrogen-bond donors (Lipinski definition) is 4. The molecule has 2 rings (SSSR count). The number of ketones is 1. The molecule has 0 spiro atoms. The van der Waals surface area contributed by atoms with Crippen LogP contribution in [0.25, 0.3) is 0 Å². The standard InChI is InChI=1S/C18H19N3O6S/c1-26-15(22)10-27-14-8-6-12(7-9-14)17(23)16(21-28(24)25)11-2-4-13(5-3-11)18(19)20/h2-9,16,21H,10H2,1H3,(H3,19,20)(H,24,25). The normalized spacial score (nSPS) is 12.6. The Morgan fingerprint density at radius 1 is 1.14 bits per heavy atom. The Morgan fingerprint density at radius 2 is 1.71 bits per heavy atom. The molecule has 0 saturated heterocycles. The number of carbonyl (C=O) groups is 2. The van der Waals surface area contributed by atoms with Gasteiger partial charge in [0.25, 0.3) is 0 Å². The first-order valence-corrected chi connectivity index (χ1v) is 9.07. The number of nitrogen functional groups attached to an aromatic ring is 1. The molecule has 0 fully saturated rings. The number of Topliss-reactive ketones (excluding diaryl/α,β-unsaturated/α-hetero) is 1. The zero-order chi connectivity index (χ0) is 20.7. The lowest BCUT2D eigenvalue weighted by Gasteiger charge is -2.16. The van der Waals surface area contributed by atoms with Crippen molar-refractivity contribution in [1.82, 2.24) is 4.72 Å². The minimum atomic E-state index is -2.43. The van der Waals surface area contributed by atoms with Crippen LogP contribution in [0.5, 0.6) is 5.75 Å². The highest BCUT2D eigenvalue weighted by molar-refractivity contribution is 7.77. The lowest BCUT2D eigenvalue weighted by molar-refractivity contribution is -0.142. The molecule has 0 radical (unpaired) electrons. The van der Waals surface area contributed by atoms with Crippen LogP contribution in [-0.2, 0) is 20.8 Å². The Labute approximate surface area is 163 Å². The number of nitrogens with one attached hydrogen (secondary N) is 2. The predicted octanol–water partition coefficient (Wildman–Crippen LogP) is 1.17. The van der Waals surface area contributed by atoms with Gasteiger partial charge in [0, 0.05) is 11.1 Å². The lowest BCUT2D eigenvalue weighted by atomic mass is 9.97. The van der Waals surface area contributed by atoms with Crippen molar-refractivity contribution in [3.63, 3.8) is 0 Å². The van der Waals surface area contributed by atoms with Crippen molar-refractivity contribution in [3.05, 3.63) is 65.2 Å². The van der Waals surface area contributed by atoms with Gasteiger partial charge in [0.1, 0.15) is 17.6 Å². The summed E-state index contributed by atoms with van der Waals surface area (Å²) in [5.74, 6) is -0.750. The average molecular weight is 405 g/mol. The van der Waals surface area contributed by atoms with Crippen LogP contribution in [0.2, 0.25) is 0 Å². The summed E-state index contributed by atoms with van der Waals surface area (Å²) in [6.07, 6.45) is 0. The number of ether oxygens (including phenoxy) is 2. The van der Waals surface area contributed by atoms with Crippen LogP contribution in [0.1, 0.15) is 27.5 Å². The van der Waals surface area contributed by atoms with E-state index in [4.69, 9.17) is 15.9 Å². The third kappa shape index (κ3) is 5.71.